The Kier molecular flexibility index (Phi) is 4.87. The van der Waals surface area contributed by atoms with Gasteiger partial charge in [0.25, 0.3) is 10.0 Å². The molecule has 0 aliphatic rings. The topological polar surface area (TPSA) is 83.5 Å². The Morgan fingerprint density at radius 2 is 1.95 bits per heavy atom. The van der Waals surface area contributed by atoms with Crippen LogP contribution in [0.15, 0.2) is 51.8 Å². The fourth-order valence-corrected chi connectivity index (χ4v) is 3.59. The minimum absolute atomic E-state index is 0.0460. The van der Waals surface area contributed by atoms with Crippen LogP contribution in [0, 0.1) is 0 Å². The number of aromatic carboxylic acids is 1. The Morgan fingerprint density at radius 1 is 1.23 bits per heavy atom. The Balaban J connectivity index is 2.44. The van der Waals surface area contributed by atoms with Crippen LogP contribution in [0.2, 0.25) is 0 Å². The first kappa shape index (κ1) is 16.5. The van der Waals surface area contributed by atoms with Crippen molar-refractivity contribution in [1.82, 2.24) is 0 Å². The second kappa shape index (κ2) is 6.50. The molecule has 2 N–H and O–H groups in total. The summed E-state index contributed by atoms with van der Waals surface area (Å²) in [7, 11) is -3.85. The van der Waals surface area contributed by atoms with Gasteiger partial charge < -0.3 is 5.11 Å². The Labute approximate surface area is 137 Å². The lowest BCUT2D eigenvalue weighted by atomic mass is 10.1. The highest BCUT2D eigenvalue weighted by Gasteiger charge is 2.19. The zero-order valence-corrected chi connectivity index (χ0v) is 14.1. The Morgan fingerprint density at radius 3 is 2.55 bits per heavy atom. The second-order valence-corrected chi connectivity index (χ2v) is 7.20. The maximum Gasteiger partial charge on any atom is 0.337 e. The van der Waals surface area contributed by atoms with E-state index in [1.54, 1.807) is 18.2 Å². The Hall–Kier alpha value is -1.86. The second-order valence-electron chi connectivity index (χ2n) is 4.60. The molecule has 2 aromatic rings. The van der Waals surface area contributed by atoms with E-state index in [0.717, 1.165) is 5.56 Å². The van der Waals surface area contributed by atoms with Gasteiger partial charge in [-0.05, 0) is 42.3 Å². The average molecular weight is 384 g/mol. The summed E-state index contributed by atoms with van der Waals surface area (Å²) >= 11 is 3.21. The lowest BCUT2D eigenvalue weighted by molar-refractivity contribution is 0.0698. The van der Waals surface area contributed by atoms with Gasteiger partial charge in [-0.15, -0.1) is 0 Å². The van der Waals surface area contributed by atoms with Gasteiger partial charge in [-0.25, -0.2) is 13.2 Å². The zero-order valence-electron chi connectivity index (χ0n) is 11.7. The summed E-state index contributed by atoms with van der Waals surface area (Å²) in [4.78, 5) is 11.4. The van der Waals surface area contributed by atoms with E-state index in [9.17, 15) is 18.3 Å². The van der Waals surface area contributed by atoms with E-state index in [1.807, 2.05) is 6.92 Å². The van der Waals surface area contributed by atoms with Crippen LogP contribution < -0.4 is 4.72 Å². The highest BCUT2D eigenvalue weighted by atomic mass is 79.9. The monoisotopic (exact) mass is 383 g/mol. The van der Waals surface area contributed by atoms with Crippen LogP contribution in [0.25, 0.3) is 0 Å². The van der Waals surface area contributed by atoms with Crippen LogP contribution in [-0.4, -0.2) is 19.5 Å². The third kappa shape index (κ3) is 3.66. The van der Waals surface area contributed by atoms with Crippen molar-refractivity contribution in [1.29, 1.82) is 0 Å². The summed E-state index contributed by atoms with van der Waals surface area (Å²) in [6, 6.07) is 10.8. The van der Waals surface area contributed by atoms with Crippen molar-refractivity contribution < 1.29 is 18.3 Å². The lowest BCUT2D eigenvalue weighted by Crippen LogP contribution is -2.15. The number of nitrogens with one attached hydrogen (secondary N) is 1. The molecule has 5 nitrogen and oxygen atoms in total. The number of anilines is 1. The van der Waals surface area contributed by atoms with Gasteiger partial charge in [0.2, 0.25) is 0 Å². The van der Waals surface area contributed by atoms with E-state index >= 15 is 0 Å². The van der Waals surface area contributed by atoms with Crippen LogP contribution in [-0.2, 0) is 16.4 Å². The SMILES string of the molecule is CCc1ccc(NS(=O)(=O)c2cccc(Br)c2)c(C(=O)O)c1. The first-order chi connectivity index (χ1) is 10.3. The van der Waals surface area contributed by atoms with E-state index in [1.165, 1.54) is 24.3 Å². The predicted molar refractivity (Wildman–Crippen MR) is 87.7 cm³/mol. The maximum absolute atomic E-state index is 12.4. The fourth-order valence-electron chi connectivity index (χ4n) is 1.92. The molecule has 7 heteroatoms. The first-order valence-electron chi connectivity index (χ1n) is 6.48. The molecule has 0 fully saturated rings. The number of benzene rings is 2. The molecular formula is C15H14BrNO4S. The molecule has 0 bridgehead atoms. The third-order valence-electron chi connectivity index (χ3n) is 3.07. The van der Waals surface area contributed by atoms with E-state index in [0.29, 0.717) is 10.9 Å². The number of carboxylic acids is 1. The van der Waals surface area contributed by atoms with Crippen LogP contribution >= 0.6 is 15.9 Å². The molecule has 0 saturated carbocycles. The normalized spacial score (nSPS) is 11.2. The van der Waals surface area contributed by atoms with Gasteiger partial charge in [-0.2, -0.15) is 0 Å². The van der Waals surface area contributed by atoms with E-state index < -0.39 is 16.0 Å². The highest BCUT2D eigenvalue weighted by molar-refractivity contribution is 9.10. The fraction of sp³-hybridized carbons (Fsp3) is 0.133. The maximum atomic E-state index is 12.4. The van der Waals surface area contributed by atoms with E-state index in [4.69, 9.17) is 0 Å². The van der Waals surface area contributed by atoms with Gasteiger partial charge in [-0.1, -0.05) is 35.0 Å². The minimum atomic E-state index is -3.85. The molecule has 116 valence electrons. The largest absolute Gasteiger partial charge is 0.478 e. The highest BCUT2D eigenvalue weighted by Crippen LogP contribution is 2.23. The lowest BCUT2D eigenvalue weighted by Gasteiger charge is -2.12. The predicted octanol–water partition coefficient (Wildman–Crippen LogP) is 3.51. The number of carboxylic acid groups (broad SMARTS) is 1. The van der Waals surface area contributed by atoms with Gasteiger partial charge in [0, 0.05) is 4.47 Å². The van der Waals surface area contributed by atoms with Gasteiger partial charge in [0.05, 0.1) is 16.1 Å². The Bertz CT molecular complexity index is 818. The molecule has 0 amide bonds. The molecule has 0 radical (unpaired) electrons. The number of carbonyl (C=O) groups is 1. The summed E-state index contributed by atoms with van der Waals surface area (Å²) < 4.78 is 27.7. The zero-order chi connectivity index (χ0) is 16.3. The first-order valence-corrected chi connectivity index (χ1v) is 8.75. The van der Waals surface area contributed by atoms with Crippen LogP contribution in [0.3, 0.4) is 0 Å². The number of aryl methyl sites for hydroxylation is 1. The summed E-state index contributed by atoms with van der Waals surface area (Å²) in [5.41, 5.74) is 0.797. The molecule has 2 aromatic carbocycles. The van der Waals surface area contributed by atoms with Crippen molar-refractivity contribution in [3.63, 3.8) is 0 Å². The molecule has 0 aliphatic carbocycles. The summed E-state index contributed by atoms with van der Waals surface area (Å²) in [6.07, 6.45) is 0.666. The molecule has 0 unspecified atom stereocenters. The summed E-state index contributed by atoms with van der Waals surface area (Å²) in [5.74, 6) is -1.18. The van der Waals surface area contributed by atoms with Crippen molar-refractivity contribution in [3.05, 3.63) is 58.1 Å². The molecule has 0 saturated heterocycles. The van der Waals surface area contributed by atoms with Crippen molar-refractivity contribution in [2.75, 3.05) is 4.72 Å². The van der Waals surface area contributed by atoms with E-state index in [2.05, 4.69) is 20.7 Å². The molecule has 0 aromatic heterocycles. The molecule has 0 atom stereocenters. The van der Waals surface area contributed by atoms with Gasteiger partial charge in [-0.3, -0.25) is 4.72 Å². The minimum Gasteiger partial charge on any atom is -0.478 e. The third-order valence-corrected chi connectivity index (χ3v) is 4.93. The average Bonchev–Trinajstić information content (AvgIpc) is 2.47. The number of halogens is 1. The quantitative estimate of drug-likeness (QED) is 0.827. The molecule has 0 heterocycles. The number of rotatable bonds is 5. The van der Waals surface area contributed by atoms with Crippen LogP contribution in [0.1, 0.15) is 22.8 Å². The summed E-state index contributed by atoms with van der Waals surface area (Å²) in [6.45, 7) is 1.90. The van der Waals surface area contributed by atoms with Crippen molar-refractivity contribution in [2.45, 2.75) is 18.2 Å². The number of sulfonamides is 1. The van der Waals surface area contributed by atoms with Gasteiger partial charge in [0.15, 0.2) is 0 Å². The van der Waals surface area contributed by atoms with Crippen LogP contribution in [0.5, 0.6) is 0 Å². The molecular weight excluding hydrogens is 370 g/mol. The standard InChI is InChI=1S/C15H14BrNO4S/c1-2-10-6-7-14(13(8-10)15(18)19)17-22(20,21)12-5-3-4-11(16)9-12/h3-9,17H,2H2,1H3,(H,18,19). The van der Waals surface area contributed by atoms with Crippen molar-refractivity contribution in [2.24, 2.45) is 0 Å². The molecule has 22 heavy (non-hydrogen) atoms. The van der Waals surface area contributed by atoms with E-state index in [-0.39, 0.29) is 16.1 Å². The van der Waals surface area contributed by atoms with Gasteiger partial charge in [0.1, 0.15) is 0 Å². The van der Waals surface area contributed by atoms with Crippen molar-refractivity contribution in [3.8, 4) is 0 Å². The smallest absolute Gasteiger partial charge is 0.337 e. The molecule has 0 spiro atoms. The molecule has 0 aliphatic heterocycles. The van der Waals surface area contributed by atoms with Crippen LogP contribution in [0.4, 0.5) is 5.69 Å². The van der Waals surface area contributed by atoms with Gasteiger partial charge >= 0.3 is 5.97 Å². The molecule has 2 rings (SSSR count). The number of hydrogen-bond acceptors (Lipinski definition) is 3. The van der Waals surface area contributed by atoms with Crippen molar-refractivity contribution >= 4 is 37.6 Å². The summed E-state index contributed by atoms with van der Waals surface area (Å²) in [5, 5.41) is 9.25. The number of hydrogen-bond donors (Lipinski definition) is 2.